The Balaban J connectivity index is 2.16. The van der Waals surface area contributed by atoms with E-state index in [4.69, 9.17) is 5.21 Å². The highest BCUT2D eigenvalue weighted by atomic mass is 16.5. The van der Waals surface area contributed by atoms with Crippen LogP contribution in [-0.4, -0.2) is 27.7 Å². The van der Waals surface area contributed by atoms with Gasteiger partial charge in [-0.25, -0.2) is 0 Å². The summed E-state index contributed by atoms with van der Waals surface area (Å²) in [6.45, 7) is 2.28. The van der Waals surface area contributed by atoms with Crippen molar-refractivity contribution in [3.63, 3.8) is 0 Å². The molecule has 0 saturated heterocycles. The van der Waals surface area contributed by atoms with Crippen LogP contribution in [0.5, 0.6) is 5.75 Å². The lowest BCUT2D eigenvalue weighted by Crippen LogP contribution is -2.15. The van der Waals surface area contributed by atoms with Crippen molar-refractivity contribution in [1.29, 1.82) is 0 Å². The number of nitrogens with one attached hydrogen (secondary N) is 2. The second-order valence-electron chi connectivity index (χ2n) is 3.87. The molecule has 4 N–H and O–H groups in total. The van der Waals surface area contributed by atoms with Crippen LogP contribution in [0.15, 0.2) is 29.4 Å². The predicted octanol–water partition coefficient (Wildman–Crippen LogP) is 1.81. The third-order valence-corrected chi connectivity index (χ3v) is 2.64. The van der Waals surface area contributed by atoms with Gasteiger partial charge in [0.2, 0.25) is 0 Å². The monoisotopic (exact) mass is 233 g/mol. The number of amidine groups is 1. The fourth-order valence-electron chi connectivity index (χ4n) is 1.75. The number of aliphatic imine (C=N–C) groups is 1. The van der Waals surface area contributed by atoms with Crippen LogP contribution in [0.4, 0.5) is 0 Å². The van der Waals surface area contributed by atoms with Crippen LogP contribution in [0.3, 0.4) is 0 Å². The number of hydroxylamine groups is 1. The summed E-state index contributed by atoms with van der Waals surface area (Å²) in [6, 6.07) is 5.24. The van der Waals surface area contributed by atoms with Gasteiger partial charge in [0, 0.05) is 23.6 Å². The molecule has 0 saturated carbocycles. The van der Waals surface area contributed by atoms with Crippen molar-refractivity contribution in [3.8, 4) is 5.75 Å². The van der Waals surface area contributed by atoms with Crippen molar-refractivity contribution >= 4 is 16.7 Å². The van der Waals surface area contributed by atoms with Crippen LogP contribution in [0.2, 0.25) is 0 Å². The second kappa shape index (κ2) is 4.88. The summed E-state index contributed by atoms with van der Waals surface area (Å²) in [7, 11) is 0. The van der Waals surface area contributed by atoms with E-state index in [0.29, 0.717) is 12.4 Å². The van der Waals surface area contributed by atoms with Crippen molar-refractivity contribution in [2.24, 2.45) is 4.99 Å². The van der Waals surface area contributed by atoms with Gasteiger partial charge in [0.1, 0.15) is 11.6 Å². The molecule has 0 atom stereocenters. The lowest BCUT2D eigenvalue weighted by Gasteiger charge is -1.99. The molecule has 5 nitrogen and oxygen atoms in total. The molecule has 0 radical (unpaired) electrons. The molecule has 0 spiro atoms. The first-order valence-electron chi connectivity index (χ1n) is 5.41. The van der Waals surface area contributed by atoms with Crippen LogP contribution in [0.1, 0.15) is 12.5 Å². The number of hydrogen-bond donors (Lipinski definition) is 4. The van der Waals surface area contributed by atoms with Gasteiger partial charge in [-0.3, -0.25) is 15.7 Å². The average molecular weight is 233 g/mol. The van der Waals surface area contributed by atoms with E-state index in [9.17, 15) is 5.11 Å². The lowest BCUT2D eigenvalue weighted by atomic mass is 10.1. The number of H-pyrrole nitrogens is 1. The zero-order valence-electron chi connectivity index (χ0n) is 9.57. The highest BCUT2D eigenvalue weighted by Crippen LogP contribution is 2.23. The van der Waals surface area contributed by atoms with Gasteiger partial charge in [0.15, 0.2) is 0 Å². The number of aromatic amines is 1. The fourth-order valence-corrected chi connectivity index (χ4v) is 1.75. The Labute approximate surface area is 98.8 Å². The van der Waals surface area contributed by atoms with Crippen LogP contribution in [0, 0.1) is 0 Å². The predicted molar refractivity (Wildman–Crippen MR) is 66.6 cm³/mol. The summed E-state index contributed by atoms with van der Waals surface area (Å²) >= 11 is 0. The molecule has 5 heteroatoms. The molecule has 0 aliphatic carbocycles. The summed E-state index contributed by atoms with van der Waals surface area (Å²) in [5.74, 6) is 0.753. The van der Waals surface area contributed by atoms with Gasteiger partial charge in [0.05, 0.1) is 0 Å². The standard InChI is InChI=1S/C12H15N3O2/c1-8(15-17)13-5-4-9-7-14-12-3-2-10(16)6-11(9)12/h2-3,6-7,14,16-17H,4-5H2,1H3,(H,13,15). The normalized spacial score (nSPS) is 12.0. The maximum atomic E-state index is 9.44. The molecule has 0 amide bonds. The van der Waals surface area contributed by atoms with E-state index < -0.39 is 0 Å². The number of phenolic OH excluding ortho intramolecular Hbond substituents is 1. The van der Waals surface area contributed by atoms with Crippen molar-refractivity contribution in [1.82, 2.24) is 10.5 Å². The van der Waals surface area contributed by atoms with Gasteiger partial charge in [-0.15, -0.1) is 0 Å². The molecule has 0 aliphatic rings. The number of fused-ring (bicyclic) bond motifs is 1. The van der Waals surface area contributed by atoms with Gasteiger partial charge in [0.25, 0.3) is 0 Å². The van der Waals surface area contributed by atoms with E-state index in [0.717, 1.165) is 22.9 Å². The summed E-state index contributed by atoms with van der Waals surface area (Å²) in [5.41, 5.74) is 4.09. The van der Waals surface area contributed by atoms with E-state index in [1.165, 1.54) is 0 Å². The molecule has 1 heterocycles. The van der Waals surface area contributed by atoms with Crippen molar-refractivity contribution in [2.75, 3.05) is 6.54 Å². The molecule has 0 aliphatic heterocycles. The third-order valence-electron chi connectivity index (χ3n) is 2.64. The highest BCUT2D eigenvalue weighted by Gasteiger charge is 2.03. The summed E-state index contributed by atoms with van der Waals surface area (Å²) < 4.78 is 0. The van der Waals surface area contributed by atoms with Crippen molar-refractivity contribution in [3.05, 3.63) is 30.0 Å². The second-order valence-corrected chi connectivity index (χ2v) is 3.87. The van der Waals surface area contributed by atoms with E-state index in [1.54, 1.807) is 19.1 Å². The molecular formula is C12H15N3O2. The maximum Gasteiger partial charge on any atom is 0.117 e. The number of hydrogen-bond acceptors (Lipinski definition) is 3. The Bertz CT molecular complexity index is 546. The Hall–Kier alpha value is -2.01. The zero-order valence-corrected chi connectivity index (χ0v) is 9.57. The molecular weight excluding hydrogens is 218 g/mol. The number of nitrogens with zero attached hydrogens (tertiary/aromatic N) is 1. The fraction of sp³-hybridized carbons (Fsp3) is 0.250. The third kappa shape index (κ3) is 2.57. The molecule has 2 rings (SSSR count). The largest absolute Gasteiger partial charge is 0.508 e. The molecule has 0 unspecified atom stereocenters. The minimum atomic E-state index is 0.259. The molecule has 17 heavy (non-hydrogen) atoms. The number of aromatic hydroxyl groups is 1. The lowest BCUT2D eigenvalue weighted by molar-refractivity contribution is 0.233. The van der Waals surface area contributed by atoms with Crippen molar-refractivity contribution in [2.45, 2.75) is 13.3 Å². The Morgan fingerprint density at radius 1 is 1.47 bits per heavy atom. The Morgan fingerprint density at radius 2 is 2.29 bits per heavy atom. The van der Waals surface area contributed by atoms with E-state index >= 15 is 0 Å². The summed E-state index contributed by atoms with van der Waals surface area (Å²) in [4.78, 5) is 7.27. The molecule has 2 aromatic rings. The Morgan fingerprint density at radius 3 is 3.06 bits per heavy atom. The molecule has 90 valence electrons. The van der Waals surface area contributed by atoms with E-state index in [-0.39, 0.29) is 5.75 Å². The van der Waals surface area contributed by atoms with Crippen LogP contribution in [-0.2, 0) is 6.42 Å². The minimum absolute atomic E-state index is 0.259. The van der Waals surface area contributed by atoms with Gasteiger partial charge < -0.3 is 10.1 Å². The smallest absolute Gasteiger partial charge is 0.117 e. The quantitative estimate of drug-likeness (QED) is 0.371. The molecule has 1 aromatic carbocycles. The SMILES string of the molecule is CC(=NCCc1c[nH]c2ccc(O)cc12)NO. The van der Waals surface area contributed by atoms with Gasteiger partial charge >= 0.3 is 0 Å². The highest BCUT2D eigenvalue weighted by molar-refractivity contribution is 5.84. The van der Waals surface area contributed by atoms with Gasteiger partial charge in [-0.2, -0.15) is 0 Å². The van der Waals surface area contributed by atoms with Crippen LogP contribution < -0.4 is 5.48 Å². The zero-order chi connectivity index (χ0) is 12.3. The summed E-state index contributed by atoms with van der Waals surface area (Å²) in [5, 5.41) is 19.0. The first-order valence-corrected chi connectivity index (χ1v) is 5.41. The Kier molecular flexibility index (Phi) is 3.30. The van der Waals surface area contributed by atoms with E-state index in [1.807, 2.05) is 17.7 Å². The van der Waals surface area contributed by atoms with Crippen LogP contribution in [0.25, 0.3) is 10.9 Å². The topological polar surface area (TPSA) is 80.6 Å². The number of phenols is 1. The van der Waals surface area contributed by atoms with Crippen LogP contribution >= 0.6 is 0 Å². The molecule has 1 aromatic heterocycles. The molecule has 0 bridgehead atoms. The maximum absolute atomic E-state index is 9.44. The van der Waals surface area contributed by atoms with Crippen molar-refractivity contribution < 1.29 is 10.3 Å². The van der Waals surface area contributed by atoms with Gasteiger partial charge in [-0.05, 0) is 37.1 Å². The average Bonchev–Trinajstić information content (AvgIpc) is 2.72. The number of rotatable bonds is 3. The summed E-state index contributed by atoms with van der Waals surface area (Å²) in [6.07, 6.45) is 2.67. The first-order chi connectivity index (χ1) is 8.20. The number of benzene rings is 1. The van der Waals surface area contributed by atoms with E-state index in [2.05, 4.69) is 9.98 Å². The first kappa shape index (κ1) is 11.5. The van der Waals surface area contributed by atoms with Gasteiger partial charge in [-0.1, -0.05) is 0 Å². The number of aromatic nitrogens is 1. The minimum Gasteiger partial charge on any atom is -0.508 e. The molecule has 0 fully saturated rings.